The fourth-order valence-corrected chi connectivity index (χ4v) is 3.69. The Hall–Kier alpha value is -0.900. The lowest BCUT2D eigenvalue weighted by Gasteiger charge is -2.21. The molecule has 0 unspecified atom stereocenters. The summed E-state index contributed by atoms with van der Waals surface area (Å²) in [5, 5.41) is 9.04. The van der Waals surface area contributed by atoms with Crippen molar-refractivity contribution in [2.24, 2.45) is 4.58 Å². The molecule has 15 heavy (non-hydrogen) atoms. The molecular formula is C9H9N3OS2. The molecule has 0 aliphatic carbocycles. The summed E-state index contributed by atoms with van der Waals surface area (Å²) in [6.07, 6.45) is 0.893. The third kappa shape index (κ3) is 1.91. The van der Waals surface area contributed by atoms with Crippen molar-refractivity contribution < 1.29 is 0 Å². The van der Waals surface area contributed by atoms with Crippen LogP contribution < -0.4 is 0 Å². The number of fused-ring (bicyclic) bond motifs is 1. The second-order valence-electron chi connectivity index (χ2n) is 3.43. The fourth-order valence-electron chi connectivity index (χ4n) is 1.72. The van der Waals surface area contributed by atoms with Crippen molar-refractivity contribution >= 4 is 23.3 Å². The van der Waals surface area contributed by atoms with Crippen molar-refractivity contribution in [2.75, 3.05) is 13.6 Å². The molecule has 1 aromatic heterocycles. The van der Waals surface area contributed by atoms with Crippen LogP contribution in [-0.2, 0) is 13.0 Å². The van der Waals surface area contributed by atoms with Gasteiger partial charge in [-0.25, -0.2) is 0 Å². The zero-order chi connectivity index (χ0) is 10.8. The molecule has 2 heterocycles. The van der Waals surface area contributed by atoms with Gasteiger partial charge in [0.05, 0.1) is 17.5 Å². The third-order valence-electron chi connectivity index (χ3n) is 2.45. The quantitative estimate of drug-likeness (QED) is 0.587. The molecule has 0 N–H and O–H groups in total. The first-order valence-corrected chi connectivity index (χ1v) is 6.08. The van der Waals surface area contributed by atoms with E-state index in [2.05, 4.69) is 22.6 Å². The van der Waals surface area contributed by atoms with Crippen molar-refractivity contribution in [3.05, 3.63) is 20.9 Å². The number of nitroso groups, excluding NO2 is 1. The summed E-state index contributed by atoms with van der Waals surface area (Å²) in [5.41, 5.74) is 1.78. The van der Waals surface area contributed by atoms with Gasteiger partial charge in [-0.3, -0.25) is 0 Å². The highest BCUT2D eigenvalue weighted by Crippen LogP contribution is 2.38. The molecule has 0 saturated heterocycles. The molecule has 0 bridgehead atoms. The summed E-state index contributed by atoms with van der Waals surface area (Å²) in [4.78, 5) is 13.6. The van der Waals surface area contributed by atoms with Crippen LogP contribution >= 0.6 is 23.3 Å². The molecule has 1 aromatic rings. The van der Waals surface area contributed by atoms with E-state index < -0.39 is 0 Å². The number of likely N-dealkylation sites (N-methyl/N-ethyl adjacent to an activating group) is 1. The molecule has 6 heteroatoms. The molecule has 0 fully saturated rings. The first kappa shape index (κ1) is 10.6. The normalized spacial score (nSPS) is 15.7. The van der Waals surface area contributed by atoms with Gasteiger partial charge in [-0.1, -0.05) is 0 Å². The van der Waals surface area contributed by atoms with Crippen LogP contribution in [0.4, 0.5) is 0 Å². The number of nitrogens with zero attached hydrogens (tertiary/aromatic N) is 3. The Morgan fingerprint density at radius 1 is 1.67 bits per heavy atom. The van der Waals surface area contributed by atoms with Gasteiger partial charge in [-0.05, 0) is 19.0 Å². The first-order chi connectivity index (χ1) is 7.26. The Morgan fingerprint density at radius 3 is 3.13 bits per heavy atom. The van der Waals surface area contributed by atoms with Crippen LogP contribution in [-0.4, -0.2) is 18.5 Å². The molecular weight excluding hydrogens is 230 g/mol. The average Bonchev–Trinajstić information content (AvgIpc) is 2.54. The van der Waals surface area contributed by atoms with E-state index in [-0.39, 0.29) is 0 Å². The summed E-state index contributed by atoms with van der Waals surface area (Å²) < 4.78 is 3.53. The molecule has 2 rings (SSSR count). The lowest BCUT2D eigenvalue weighted by atomic mass is 10.0. The molecule has 0 aromatic carbocycles. The Bertz CT molecular complexity index is 435. The van der Waals surface area contributed by atoms with E-state index in [1.165, 1.54) is 16.2 Å². The highest BCUT2D eigenvalue weighted by atomic mass is 32.2. The Kier molecular flexibility index (Phi) is 3.05. The summed E-state index contributed by atoms with van der Waals surface area (Å²) in [6, 6.07) is 2.18. The average molecular weight is 239 g/mol. The Balaban J connectivity index is 2.44. The van der Waals surface area contributed by atoms with Crippen LogP contribution in [0.2, 0.25) is 0 Å². The lowest BCUT2D eigenvalue weighted by Crippen LogP contribution is -2.25. The molecule has 0 saturated carbocycles. The van der Waals surface area contributed by atoms with Crippen LogP contribution in [0.5, 0.6) is 0 Å². The van der Waals surface area contributed by atoms with Crippen molar-refractivity contribution in [1.29, 1.82) is 5.26 Å². The Labute approximate surface area is 96.0 Å². The molecule has 78 valence electrons. The van der Waals surface area contributed by atoms with Gasteiger partial charge in [0, 0.05) is 22.5 Å². The summed E-state index contributed by atoms with van der Waals surface area (Å²) >= 11 is 2.39. The molecule has 0 atom stereocenters. The first-order valence-electron chi connectivity index (χ1n) is 4.49. The zero-order valence-electron chi connectivity index (χ0n) is 8.19. The maximum Gasteiger partial charge on any atom is 0.105 e. The molecule has 0 spiro atoms. The van der Waals surface area contributed by atoms with Crippen molar-refractivity contribution in [3.63, 3.8) is 0 Å². The number of hydrogen-bond donors (Lipinski definition) is 0. The predicted molar refractivity (Wildman–Crippen MR) is 60.7 cm³/mol. The molecule has 1 aliphatic heterocycles. The number of nitriles is 1. The number of rotatable bonds is 2. The van der Waals surface area contributed by atoms with Crippen molar-refractivity contribution in [2.45, 2.75) is 17.2 Å². The van der Waals surface area contributed by atoms with Crippen LogP contribution in [0.1, 0.15) is 16.0 Å². The van der Waals surface area contributed by atoms with Gasteiger partial charge >= 0.3 is 0 Å². The van der Waals surface area contributed by atoms with Crippen molar-refractivity contribution in [1.82, 2.24) is 4.90 Å². The molecule has 4 nitrogen and oxygen atoms in total. The van der Waals surface area contributed by atoms with Crippen molar-refractivity contribution in [3.8, 4) is 6.07 Å². The number of thiophene rings is 1. The number of hydrogen-bond acceptors (Lipinski definition) is 6. The third-order valence-corrected chi connectivity index (χ3v) is 4.38. The zero-order valence-corrected chi connectivity index (χ0v) is 9.82. The predicted octanol–water partition coefficient (Wildman–Crippen LogP) is 2.38. The van der Waals surface area contributed by atoms with E-state index in [9.17, 15) is 4.91 Å². The summed E-state index contributed by atoms with van der Waals surface area (Å²) in [5.74, 6) is 0. The van der Waals surface area contributed by atoms with Gasteiger partial charge in [0.25, 0.3) is 0 Å². The Morgan fingerprint density at radius 2 is 2.47 bits per heavy atom. The van der Waals surface area contributed by atoms with E-state index in [1.807, 2.05) is 0 Å². The van der Waals surface area contributed by atoms with Gasteiger partial charge in [0.15, 0.2) is 0 Å². The second-order valence-corrected chi connectivity index (χ2v) is 5.54. The van der Waals surface area contributed by atoms with Gasteiger partial charge in [-0.2, -0.15) is 5.26 Å². The molecule has 0 amide bonds. The van der Waals surface area contributed by atoms with E-state index in [0.29, 0.717) is 5.56 Å². The summed E-state index contributed by atoms with van der Waals surface area (Å²) in [6.45, 7) is 1.84. The standard InChI is InChI=1S/C9H9N3OS2/c1-12-3-2-6-7(4-10)9(15-11-13)14-8(6)5-12/h2-3,5H2,1H3. The van der Waals surface area contributed by atoms with Crippen LogP contribution in [0.15, 0.2) is 8.79 Å². The van der Waals surface area contributed by atoms with Gasteiger partial charge in [-0.15, -0.1) is 16.2 Å². The van der Waals surface area contributed by atoms with Gasteiger partial charge in [0.2, 0.25) is 0 Å². The van der Waals surface area contributed by atoms with E-state index in [4.69, 9.17) is 5.26 Å². The highest BCUT2D eigenvalue weighted by Gasteiger charge is 2.23. The molecule has 0 radical (unpaired) electrons. The monoisotopic (exact) mass is 239 g/mol. The van der Waals surface area contributed by atoms with E-state index >= 15 is 0 Å². The second kappa shape index (κ2) is 4.31. The smallest absolute Gasteiger partial charge is 0.105 e. The van der Waals surface area contributed by atoms with Gasteiger partial charge < -0.3 is 4.90 Å². The lowest BCUT2D eigenvalue weighted by molar-refractivity contribution is 0.317. The topological polar surface area (TPSA) is 56.5 Å². The van der Waals surface area contributed by atoms with Gasteiger partial charge in [0.1, 0.15) is 10.3 Å². The largest absolute Gasteiger partial charge is 0.301 e. The van der Waals surface area contributed by atoms with Crippen LogP contribution in [0.25, 0.3) is 0 Å². The molecule has 1 aliphatic rings. The maximum atomic E-state index is 10.2. The fraction of sp³-hybridized carbons (Fsp3) is 0.444. The minimum absolute atomic E-state index is 0.660. The van der Waals surface area contributed by atoms with E-state index in [0.717, 1.165) is 41.2 Å². The SMILES string of the molecule is CN1CCc2c(sc(SN=O)c2C#N)C1. The van der Waals surface area contributed by atoms with Crippen LogP contribution in [0.3, 0.4) is 0 Å². The van der Waals surface area contributed by atoms with Crippen LogP contribution in [0, 0.1) is 16.2 Å². The maximum absolute atomic E-state index is 10.2. The minimum atomic E-state index is 0.660. The summed E-state index contributed by atoms with van der Waals surface area (Å²) in [7, 11) is 2.06. The van der Waals surface area contributed by atoms with E-state index in [1.54, 1.807) is 0 Å². The highest BCUT2D eigenvalue weighted by molar-refractivity contribution is 7.99. The minimum Gasteiger partial charge on any atom is -0.301 e.